The number of carbonyl (C=O) groups excluding carboxylic acids is 2. The molecule has 0 saturated carbocycles. The van der Waals surface area contributed by atoms with Crippen molar-refractivity contribution in [2.75, 3.05) is 18.2 Å². The summed E-state index contributed by atoms with van der Waals surface area (Å²) in [6.07, 6.45) is 0.844. The van der Waals surface area contributed by atoms with Crippen LogP contribution in [0.1, 0.15) is 47.2 Å². The van der Waals surface area contributed by atoms with Crippen LogP contribution in [-0.4, -0.2) is 39.4 Å². The molecule has 1 unspecified atom stereocenters. The number of methoxy groups -OCH3 is 1. The van der Waals surface area contributed by atoms with Gasteiger partial charge in [-0.15, -0.1) is 10.2 Å². The third-order valence-electron chi connectivity index (χ3n) is 5.29. The second kappa shape index (κ2) is 11.0. The Balaban J connectivity index is 1.59. The number of rotatable bonds is 9. The smallest absolute Gasteiger partial charge is 0.251 e. The van der Waals surface area contributed by atoms with Crippen LogP contribution in [-0.2, 0) is 18.3 Å². The first-order chi connectivity index (χ1) is 15.8. The normalized spacial score (nSPS) is 11.7. The van der Waals surface area contributed by atoms with Gasteiger partial charge in [-0.2, -0.15) is 0 Å². The molecule has 1 atom stereocenters. The van der Waals surface area contributed by atoms with Crippen molar-refractivity contribution >= 4 is 29.3 Å². The first-order valence-corrected chi connectivity index (χ1v) is 11.7. The first kappa shape index (κ1) is 24.3. The van der Waals surface area contributed by atoms with Gasteiger partial charge >= 0.3 is 0 Å². The molecule has 9 heteroatoms. The Morgan fingerprint density at radius 3 is 2.55 bits per heavy atom. The lowest BCUT2D eigenvalue weighted by Crippen LogP contribution is -2.28. The molecule has 0 spiro atoms. The molecule has 174 valence electrons. The largest absolute Gasteiger partial charge is 0.497 e. The number of nitrogens with one attached hydrogen (secondary N) is 2. The van der Waals surface area contributed by atoms with E-state index >= 15 is 0 Å². The fraction of sp³-hybridized carbons (Fsp3) is 0.333. The van der Waals surface area contributed by atoms with E-state index in [0.29, 0.717) is 22.3 Å². The lowest BCUT2D eigenvalue weighted by atomic mass is 10.1. The van der Waals surface area contributed by atoms with Crippen molar-refractivity contribution in [1.29, 1.82) is 0 Å². The standard InChI is InChI=1S/C24H29N5O3S/c1-6-17-9-7-8-15(2)21(17)26-20(30)14-33-24-28-27-22(29(24)4)16(3)25-23(31)18-10-12-19(32-5)13-11-18/h7-13,16H,6,14H2,1-5H3,(H,25,31)(H,26,30). The van der Waals surface area contributed by atoms with Crippen LogP contribution in [0.2, 0.25) is 0 Å². The highest BCUT2D eigenvalue weighted by molar-refractivity contribution is 7.99. The maximum atomic E-state index is 12.6. The molecule has 0 aliphatic rings. The van der Waals surface area contributed by atoms with Gasteiger partial charge in [0.15, 0.2) is 11.0 Å². The van der Waals surface area contributed by atoms with E-state index in [4.69, 9.17) is 4.74 Å². The van der Waals surface area contributed by atoms with Crippen LogP contribution in [0.15, 0.2) is 47.6 Å². The summed E-state index contributed by atoms with van der Waals surface area (Å²) in [6.45, 7) is 5.89. The van der Waals surface area contributed by atoms with Crippen LogP contribution in [0.4, 0.5) is 5.69 Å². The van der Waals surface area contributed by atoms with Gasteiger partial charge in [-0.3, -0.25) is 9.59 Å². The third kappa shape index (κ3) is 5.92. The fourth-order valence-electron chi connectivity index (χ4n) is 3.42. The van der Waals surface area contributed by atoms with Crippen LogP contribution in [0.5, 0.6) is 5.75 Å². The van der Waals surface area contributed by atoms with E-state index in [-0.39, 0.29) is 23.6 Å². The van der Waals surface area contributed by atoms with Gasteiger partial charge in [0.05, 0.1) is 18.9 Å². The van der Waals surface area contributed by atoms with Crippen molar-refractivity contribution < 1.29 is 14.3 Å². The van der Waals surface area contributed by atoms with E-state index < -0.39 is 0 Å². The molecule has 33 heavy (non-hydrogen) atoms. The highest BCUT2D eigenvalue weighted by Gasteiger charge is 2.19. The van der Waals surface area contributed by atoms with Gasteiger partial charge in [0.2, 0.25) is 5.91 Å². The summed E-state index contributed by atoms with van der Waals surface area (Å²) in [5.41, 5.74) is 3.55. The van der Waals surface area contributed by atoms with Gasteiger partial charge < -0.3 is 19.9 Å². The fourth-order valence-corrected chi connectivity index (χ4v) is 4.14. The SMILES string of the molecule is CCc1cccc(C)c1NC(=O)CSc1nnc(C(C)NC(=O)c2ccc(OC)cc2)n1C. The Kier molecular flexibility index (Phi) is 8.11. The molecule has 2 amide bonds. The van der Waals surface area contributed by atoms with Crippen LogP contribution >= 0.6 is 11.8 Å². The van der Waals surface area contributed by atoms with Gasteiger partial charge in [0.25, 0.3) is 5.91 Å². The zero-order valence-corrected chi connectivity index (χ0v) is 20.3. The number of benzene rings is 2. The van der Waals surface area contributed by atoms with Gasteiger partial charge in [0.1, 0.15) is 5.75 Å². The zero-order chi connectivity index (χ0) is 24.0. The average molecular weight is 468 g/mol. The van der Waals surface area contributed by atoms with Crippen LogP contribution in [0, 0.1) is 6.92 Å². The number of nitrogens with zero attached hydrogens (tertiary/aromatic N) is 3. The Morgan fingerprint density at radius 1 is 1.15 bits per heavy atom. The number of amides is 2. The van der Waals surface area contributed by atoms with Crippen LogP contribution in [0.3, 0.4) is 0 Å². The van der Waals surface area contributed by atoms with E-state index in [1.54, 1.807) is 35.9 Å². The van der Waals surface area contributed by atoms with Crippen molar-refractivity contribution in [3.63, 3.8) is 0 Å². The van der Waals surface area contributed by atoms with Crippen molar-refractivity contribution in [3.8, 4) is 5.75 Å². The van der Waals surface area contributed by atoms with Crippen LogP contribution < -0.4 is 15.4 Å². The second-order valence-corrected chi connectivity index (χ2v) is 8.57. The predicted molar refractivity (Wildman–Crippen MR) is 130 cm³/mol. The Hall–Kier alpha value is -3.33. The maximum absolute atomic E-state index is 12.6. The molecule has 0 aliphatic carbocycles. The monoisotopic (exact) mass is 467 g/mol. The van der Waals surface area contributed by atoms with E-state index in [1.165, 1.54) is 11.8 Å². The summed E-state index contributed by atoms with van der Waals surface area (Å²) >= 11 is 1.30. The lowest BCUT2D eigenvalue weighted by Gasteiger charge is -2.14. The zero-order valence-electron chi connectivity index (χ0n) is 19.5. The Bertz CT molecular complexity index is 1130. The predicted octanol–water partition coefficient (Wildman–Crippen LogP) is 3.92. The Morgan fingerprint density at radius 2 is 1.88 bits per heavy atom. The molecular weight excluding hydrogens is 438 g/mol. The molecule has 0 radical (unpaired) electrons. The topological polar surface area (TPSA) is 98.1 Å². The molecule has 8 nitrogen and oxygen atoms in total. The number of hydrogen-bond acceptors (Lipinski definition) is 6. The van der Waals surface area contributed by atoms with Crippen LogP contribution in [0.25, 0.3) is 0 Å². The number of aromatic nitrogens is 3. The number of aryl methyl sites for hydroxylation is 2. The molecule has 3 aromatic rings. The average Bonchev–Trinajstić information content (AvgIpc) is 3.19. The summed E-state index contributed by atoms with van der Waals surface area (Å²) in [5.74, 6) is 1.18. The van der Waals surface area contributed by atoms with Gasteiger partial charge in [0, 0.05) is 18.3 Å². The number of hydrogen-bond donors (Lipinski definition) is 2. The van der Waals surface area contributed by atoms with Gasteiger partial charge in [-0.1, -0.05) is 36.9 Å². The minimum absolute atomic E-state index is 0.102. The molecule has 0 bridgehead atoms. The number of para-hydroxylation sites is 1. The minimum atomic E-state index is -0.362. The van der Waals surface area contributed by atoms with Gasteiger partial charge in [-0.05, 0) is 55.7 Å². The van der Waals surface area contributed by atoms with Crippen molar-refractivity contribution in [1.82, 2.24) is 20.1 Å². The third-order valence-corrected chi connectivity index (χ3v) is 6.31. The lowest BCUT2D eigenvalue weighted by molar-refractivity contribution is -0.113. The summed E-state index contributed by atoms with van der Waals surface area (Å²) < 4.78 is 6.92. The van der Waals surface area contributed by atoms with Gasteiger partial charge in [-0.25, -0.2) is 0 Å². The maximum Gasteiger partial charge on any atom is 0.251 e. The molecule has 2 N–H and O–H groups in total. The first-order valence-electron chi connectivity index (χ1n) is 10.7. The summed E-state index contributed by atoms with van der Waals surface area (Å²) in [7, 11) is 3.40. The molecule has 0 saturated heterocycles. The quantitative estimate of drug-likeness (QED) is 0.463. The van der Waals surface area contributed by atoms with Crippen molar-refractivity contribution in [2.24, 2.45) is 7.05 Å². The highest BCUT2D eigenvalue weighted by Crippen LogP contribution is 2.23. The summed E-state index contributed by atoms with van der Waals surface area (Å²) in [5, 5.41) is 15.0. The van der Waals surface area contributed by atoms with E-state index in [0.717, 1.165) is 23.2 Å². The molecule has 1 heterocycles. The van der Waals surface area contributed by atoms with E-state index in [2.05, 4.69) is 27.8 Å². The highest BCUT2D eigenvalue weighted by atomic mass is 32.2. The molecule has 0 aliphatic heterocycles. The number of carbonyl (C=O) groups is 2. The molecular formula is C24H29N5O3S. The number of thioether (sulfide) groups is 1. The minimum Gasteiger partial charge on any atom is -0.497 e. The van der Waals surface area contributed by atoms with Crippen molar-refractivity contribution in [3.05, 3.63) is 65.0 Å². The van der Waals surface area contributed by atoms with E-state index in [9.17, 15) is 9.59 Å². The molecule has 2 aromatic carbocycles. The molecule has 3 rings (SSSR count). The summed E-state index contributed by atoms with van der Waals surface area (Å²) in [6, 6.07) is 12.5. The number of ether oxygens (including phenoxy) is 1. The van der Waals surface area contributed by atoms with E-state index in [1.807, 2.05) is 39.1 Å². The number of anilines is 1. The summed E-state index contributed by atoms with van der Waals surface area (Å²) in [4.78, 5) is 25.1. The van der Waals surface area contributed by atoms with Crippen molar-refractivity contribution in [2.45, 2.75) is 38.4 Å². The second-order valence-electron chi connectivity index (χ2n) is 7.62. The Labute approximate surface area is 198 Å². The molecule has 0 fully saturated rings. The molecule has 1 aromatic heterocycles.